The average molecular weight is 306 g/mol. The molecule has 0 aliphatic carbocycles. The fraction of sp³-hybridized carbons (Fsp3) is 0.211. The molecule has 0 N–H and O–H groups in total. The number of non-ortho nitro benzene ring substituents is 1. The minimum atomic E-state index is -0.418. The summed E-state index contributed by atoms with van der Waals surface area (Å²) in [6, 6.07) is 10.5. The van der Waals surface area contributed by atoms with Crippen LogP contribution in [0.3, 0.4) is 0 Å². The number of hydrogen-bond acceptors (Lipinski definition) is 3. The van der Waals surface area contributed by atoms with Gasteiger partial charge in [0, 0.05) is 23.9 Å². The summed E-state index contributed by atoms with van der Waals surface area (Å²) in [6.45, 7) is 6.61. The van der Waals surface area contributed by atoms with Gasteiger partial charge in [-0.2, -0.15) is 0 Å². The molecule has 2 rings (SSSR count). The number of nitro benzene ring substituents is 1. The molecule has 0 aliphatic rings. The quantitative estimate of drug-likeness (QED) is 0.372. The van der Waals surface area contributed by atoms with Crippen LogP contribution in [0.1, 0.15) is 27.8 Å². The molecule has 4 heteroatoms. The van der Waals surface area contributed by atoms with Gasteiger partial charge in [-0.1, -0.05) is 17.9 Å². The zero-order chi connectivity index (χ0) is 16.8. The average Bonchev–Trinajstić information content (AvgIpc) is 2.52. The summed E-state index contributed by atoms with van der Waals surface area (Å²) >= 11 is 0. The molecule has 0 amide bonds. The zero-order valence-corrected chi connectivity index (χ0v) is 13.5. The number of aryl methyl sites for hydroxylation is 3. The lowest BCUT2D eigenvalue weighted by molar-refractivity contribution is -0.384. The van der Waals surface area contributed by atoms with E-state index < -0.39 is 4.92 Å². The van der Waals surface area contributed by atoms with Gasteiger partial charge in [-0.05, 0) is 61.2 Å². The second kappa shape index (κ2) is 7.37. The number of hydrogen-bond donors (Lipinski definition) is 0. The minimum Gasteiger partial charge on any atom is -0.280 e. The van der Waals surface area contributed by atoms with Crippen molar-refractivity contribution < 1.29 is 4.92 Å². The van der Waals surface area contributed by atoms with Gasteiger partial charge in [0.1, 0.15) is 6.54 Å². The van der Waals surface area contributed by atoms with Crippen molar-refractivity contribution in [3.63, 3.8) is 0 Å². The molecule has 0 unspecified atom stereocenters. The fourth-order valence-electron chi connectivity index (χ4n) is 2.11. The van der Waals surface area contributed by atoms with Crippen molar-refractivity contribution in [2.75, 3.05) is 6.54 Å². The minimum absolute atomic E-state index is 0.0761. The van der Waals surface area contributed by atoms with Crippen LogP contribution in [0.4, 0.5) is 5.69 Å². The van der Waals surface area contributed by atoms with E-state index in [4.69, 9.17) is 0 Å². The van der Waals surface area contributed by atoms with Crippen LogP contribution in [-0.2, 0) is 0 Å². The van der Waals surface area contributed by atoms with Crippen molar-refractivity contribution in [3.8, 4) is 11.8 Å². The Morgan fingerprint density at radius 2 is 1.74 bits per heavy atom. The summed E-state index contributed by atoms with van der Waals surface area (Å²) in [5.74, 6) is 6.17. The van der Waals surface area contributed by atoms with Gasteiger partial charge < -0.3 is 0 Å². The van der Waals surface area contributed by atoms with Gasteiger partial charge in [0.25, 0.3) is 5.69 Å². The highest BCUT2D eigenvalue weighted by Gasteiger charge is 2.02. The van der Waals surface area contributed by atoms with Gasteiger partial charge >= 0.3 is 0 Å². The molecule has 116 valence electrons. The summed E-state index contributed by atoms with van der Waals surface area (Å²) in [6.07, 6.45) is 1.67. The molecule has 0 bridgehead atoms. The Morgan fingerprint density at radius 1 is 1.09 bits per heavy atom. The van der Waals surface area contributed by atoms with Crippen molar-refractivity contribution in [2.24, 2.45) is 4.99 Å². The second-order valence-corrected chi connectivity index (χ2v) is 5.37. The molecule has 2 aromatic rings. The standard InChI is InChI=1S/C19H18N2O2/c1-14-11-16(3)18(12-15(14)2)5-4-10-20-13-17-6-8-19(9-7-17)21(22)23/h6-9,11-13H,10H2,1-3H3. The van der Waals surface area contributed by atoms with Gasteiger partial charge in [0.2, 0.25) is 0 Å². The van der Waals surface area contributed by atoms with E-state index in [0.29, 0.717) is 6.54 Å². The first-order valence-electron chi connectivity index (χ1n) is 7.28. The normalized spacial score (nSPS) is 10.4. The molecule has 4 nitrogen and oxygen atoms in total. The first-order valence-corrected chi connectivity index (χ1v) is 7.28. The molecular weight excluding hydrogens is 288 g/mol. The van der Waals surface area contributed by atoms with Gasteiger partial charge in [-0.15, -0.1) is 0 Å². The van der Waals surface area contributed by atoms with E-state index in [-0.39, 0.29) is 5.69 Å². The number of nitrogens with zero attached hydrogens (tertiary/aromatic N) is 2. The third-order valence-corrected chi connectivity index (χ3v) is 3.58. The first kappa shape index (κ1) is 16.4. The molecule has 0 aromatic heterocycles. The van der Waals surface area contributed by atoms with E-state index in [1.54, 1.807) is 18.3 Å². The van der Waals surface area contributed by atoms with Crippen molar-refractivity contribution in [1.82, 2.24) is 0 Å². The van der Waals surface area contributed by atoms with Crippen LogP contribution in [-0.4, -0.2) is 17.7 Å². The van der Waals surface area contributed by atoms with Gasteiger partial charge in [0.05, 0.1) is 4.92 Å². The lowest BCUT2D eigenvalue weighted by atomic mass is 10.0. The molecule has 0 saturated heterocycles. The van der Waals surface area contributed by atoms with Crippen LogP contribution >= 0.6 is 0 Å². The highest BCUT2D eigenvalue weighted by molar-refractivity contribution is 5.80. The summed E-state index contributed by atoms with van der Waals surface area (Å²) in [5, 5.41) is 10.6. The molecule has 0 aliphatic heterocycles. The summed E-state index contributed by atoms with van der Waals surface area (Å²) in [4.78, 5) is 14.4. The predicted octanol–water partition coefficient (Wildman–Crippen LogP) is 3.99. The molecule has 0 fully saturated rings. The Morgan fingerprint density at radius 3 is 2.39 bits per heavy atom. The third kappa shape index (κ3) is 4.52. The van der Waals surface area contributed by atoms with E-state index in [0.717, 1.165) is 11.1 Å². The van der Waals surface area contributed by atoms with E-state index in [1.165, 1.54) is 28.8 Å². The Bertz CT molecular complexity index is 810. The van der Waals surface area contributed by atoms with Crippen LogP contribution in [0.5, 0.6) is 0 Å². The zero-order valence-electron chi connectivity index (χ0n) is 13.5. The molecule has 2 aromatic carbocycles. The van der Waals surface area contributed by atoms with Crippen molar-refractivity contribution in [2.45, 2.75) is 20.8 Å². The van der Waals surface area contributed by atoms with Gasteiger partial charge in [-0.3, -0.25) is 15.1 Å². The van der Waals surface area contributed by atoms with Crippen LogP contribution in [0.2, 0.25) is 0 Å². The van der Waals surface area contributed by atoms with Crippen LogP contribution in [0, 0.1) is 42.7 Å². The Hall–Kier alpha value is -2.93. The number of nitro groups is 1. The second-order valence-electron chi connectivity index (χ2n) is 5.37. The van der Waals surface area contributed by atoms with Crippen molar-refractivity contribution in [1.29, 1.82) is 0 Å². The molecule has 0 radical (unpaired) electrons. The maximum absolute atomic E-state index is 10.6. The maximum atomic E-state index is 10.6. The van der Waals surface area contributed by atoms with E-state index in [1.807, 2.05) is 0 Å². The fourth-order valence-corrected chi connectivity index (χ4v) is 2.11. The number of benzene rings is 2. The SMILES string of the molecule is Cc1cc(C)c(C#CCN=Cc2ccc([N+](=O)[O-])cc2)cc1C. The van der Waals surface area contributed by atoms with Crippen molar-refractivity contribution in [3.05, 3.63) is 74.3 Å². The lowest BCUT2D eigenvalue weighted by Gasteiger charge is -2.03. The number of rotatable bonds is 3. The highest BCUT2D eigenvalue weighted by atomic mass is 16.6. The largest absolute Gasteiger partial charge is 0.280 e. The summed E-state index contributed by atoms with van der Waals surface area (Å²) in [7, 11) is 0. The van der Waals surface area contributed by atoms with Crippen LogP contribution < -0.4 is 0 Å². The summed E-state index contributed by atoms with van der Waals surface area (Å²) < 4.78 is 0. The molecule has 0 spiro atoms. The molecule has 0 heterocycles. The van der Waals surface area contributed by atoms with E-state index >= 15 is 0 Å². The molecule has 0 atom stereocenters. The monoisotopic (exact) mass is 306 g/mol. The highest BCUT2D eigenvalue weighted by Crippen LogP contribution is 2.14. The Kier molecular flexibility index (Phi) is 5.27. The molecule has 23 heavy (non-hydrogen) atoms. The van der Waals surface area contributed by atoms with Crippen molar-refractivity contribution >= 4 is 11.9 Å². The number of aliphatic imine (C=N–C) groups is 1. The predicted molar refractivity (Wildman–Crippen MR) is 93.1 cm³/mol. The summed E-state index contributed by atoms with van der Waals surface area (Å²) in [5.41, 5.74) is 5.59. The third-order valence-electron chi connectivity index (χ3n) is 3.58. The van der Waals surface area contributed by atoms with Crippen LogP contribution in [0.15, 0.2) is 41.4 Å². The van der Waals surface area contributed by atoms with Gasteiger partial charge in [0.15, 0.2) is 0 Å². The lowest BCUT2D eigenvalue weighted by Crippen LogP contribution is -1.89. The molecular formula is C19H18N2O2. The topological polar surface area (TPSA) is 55.5 Å². The first-order chi connectivity index (χ1) is 11.0. The Balaban J connectivity index is 2.00. The smallest absolute Gasteiger partial charge is 0.269 e. The maximum Gasteiger partial charge on any atom is 0.269 e. The van der Waals surface area contributed by atoms with E-state index in [9.17, 15) is 10.1 Å². The Labute approximate surface area is 136 Å². The van der Waals surface area contributed by atoms with Gasteiger partial charge in [-0.25, -0.2) is 0 Å². The van der Waals surface area contributed by atoms with E-state index in [2.05, 4.69) is 49.7 Å². The molecule has 0 saturated carbocycles. The van der Waals surface area contributed by atoms with Crippen LogP contribution in [0.25, 0.3) is 0 Å².